The van der Waals surface area contributed by atoms with E-state index < -0.39 is 9.71 Å². The summed E-state index contributed by atoms with van der Waals surface area (Å²) in [6.45, 7) is 3.55. The monoisotopic (exact) mass is 245 g/mol. The highest BCUT2D eigenvalue weighted by Crippen LogP contribution is 2.26. The van der Waals surface area contributed by atoms with Crippen LogP contribution in [0.2, 0.25) is 0 Å². The largest absolute Gasteiger partial charge is 0.474 e. The lowest BCUT2D eigenvalue weighted by atomic mass is 10.3. The summed E-state index contributed by atoms with van der Waals surface area (Å²) in [7, 11) is -2.78. The highest BCUT2D eigenvalue weighted by molar-refractivity contribution is 7.98. The molecule has 2 heterocycles. The third-order valence-electron chi connectivity index (χ3n) is 2.32. The molecule has 1 aromatic rings. The van der Waals surface area contributed by atoms with Crippen molar-refractivity contribution in [1.82, 2.24) is 9.78 Å². The molecular weight excluding hydrogens is 230 g/mol. The van der Waals surface area contributed by atoms with Crippen molar-refractivity contribution >= 4 is 15.6 Å². The number of hydrogen-bond donors (Lipinski definition) is 1. The number of hydrogen-bond acceptors (Lipinski definition) is 4. The Morgan fingerprint density at radius 3 is 3.25 bits per heavy atom. The number of fused-ring (bicyclic) bond motifs is 1. The van der Waals surface area contributed by atoms with E-state index in [1.165, 1.54) is 6.20 Å². The van der Waals surface area contributed by atoms with Gasteiger partial charge in [-0.1, -0.05) is 0 Å². The van der Waals surface area contributed by atoms with Gasteiger partial charge in [0.05, 0.1) is 22.4 Å². The first-order valence-corrected chi connectivity index (χ1v) is 6.76. The standard InChI is InChI=1S/C9H15N3O3S/c1-3-14-7-5-12-9(15-6-7)8(4-11-12)16(2,10)13/h4,7H,2-3,5-6H2,1H3,(H2,10,13). The van der Waals surface area contributed by atoms with E-state index in [1.807, 2.05) is 6.92 Å². The van der Waals surface area contributed by atoms with Crippen molar-refractivity contribution in [3.8, 4) is 5.88 Å². The average molecular weight is 245 g/mol. The third kappa shape index (κ3) is 2.06. The van der Waals surface area contributed by atoms with E-state index in [0.29, 0.717) is 30.5 Å². The maximum absolute atomic E-state index is 11.6. The summed E-state index contributed by atoms with van der Waals surface area (Å²) in [5.74, 6) is 3.86. The van der Waals surface area contributed by atoms with Gasteiger partial charge in [0.2, 0.25) is 5.88 Å². The lowest BCUT2D eigenvalue weighted by molar-refractivity contribution is -0.00757. The zero-order valence-electron chi connectivity index (χ0n) is 9.09. The summed E-state index contributed by atoms with van der Waals surface area (Å²) >= 11 is 0. The van der Waals surface area contributed by atoms with Gasteiger partial charge in [-0.15, -0.1) is 0 Å². The molecule has 0 aromatic carbocycles. The van der Waals surface area contributed by atoms with Crippen LogP contribution in [0.15, 0.2) is 11.1 Å². The Kier molecular flexibility index (Phi) is 2.92. The van der Waals surface area contributed by atoms with Crippen LogP contribution >= 0.6 is 0 Å². The lowest BCUT2D eigenvalue weighted by Crippen LogP contribution is -2.33. The summed E-state index contributed by atoms with van der Waals surface area (Å²) in [5, 5.41) is 9.54. The number of aromatic nitrogens is 2. The molecular formula is C9H15N3O3S. The van der Waals surface area contributed by atoms with Crippen molar-refractivity contribution in [2.75, 3.05) is 13.2 Å². The van der Waals surface area contributed by atoms with E-state index in [-0.39, 0.29) is 6.10 Å². The van der Waals surface area contributed by atoms with Crippen molar-refractivity contribution in [2.45, 2.75) is 24.5 Å². The second-order valence-corrected chi connectivity index (χ2v) is 5.50. The van der Waals surface area contributed by atoms with Crippen LogP contribution < -0.4 is 9.88 Å². The number of ether oxygens (including phenoxy) is 2. The molecule has 0 saturated carbocycles. The molecule has 2 atom stereocenters. The summed E-state index contributed by atoms with van der Waals surface area (Å²) in [5.41, 5.74) is 0. The molecule has 0 radical (unpaired) electrons. The van der Waals surface area contributed by atoms with Crippen molar-refractivity contribution in [2.24, 2.45) is 5.14 Å². The molecule has 16 heavy (non-hydrogen) atoms. The fourth-order valence-electron chi connectivity index (χ4n) is 1.62. The van der Waals surface area contributed by atoms with Crippen LogP contribution in [0.1, 0.15) is 6.92 Å². The van der Waals surface area contributed by atoms with Gasteiger partial charge in [0.25, 0.3) is 0 Å². The first-order valence-electron chi connectivity index (χ1n) is 4.97. The van der Waals surface area contributed by atoms with Crippen molar-refractivity contribution in [3.63, 3.8) is 0 Å². The zero-order valence-corrected chi connectivity index (χ0v) is 9.90. The second-order valence-electron chi connectivity index (χ2n) is 3.61. The van der Waals surface area contributed by atoms with Crippen LogP contribution in [0, 0.1) is 0 Å². The average Bonchev–Trinajstić information content (AvgIpc) is 2.60. The van der Waals surface area contributed by atoms with E-state index in [0.717, 1.165) is 0 Å². The molecule has 2 N–H and O–H groups in total. The van der Waals surface area contributed by atoms with Crippen molar-refractivity contribution in [3.05, 3.63) is 6.20 Å². The minimum atomic E-state index is -2.78. The van der Waals surface area contributed by atoms with Crippen LogP contribution in [0.4, 0.5) is 0 Å². The highest BCUT2D eigenvalue weighted by Gasteiger charge is 2.25. The molecule has 2 rings (SSSR count). The summed E-state index contributed by atoms with van der Waals surface area (Å²) in [6.07, 6.45) is 1.42. The predicted octanol–water partition coefficient (Wildman–Crippen LogP) is -0.370. The molecule has 0 spiro atoms. The van der Waals surface area contributed by atoms with Gasteiger partial charge < -0.3 is 9.47 Å². The Morgan fingerprint density at radius 2 is 2.62 bits per heavy atom. The van der Waals surface area contributed by atoms with Crippen molar-refractivity contribution in [1.29, 1.82) is 0 Å². The minimum Gasteiger partial charge on any atom is -0.474 e. The third-order valence-corrected chi connectivity index (χ3v) is 3.34. The van der Waals surface area contributed by atoms with Crippen LogP contribution in [0.5, 0.6) is 5.88 Å². The van der Waals surface area contributed by atoms with Crippen LogP contribution in [0.25, 0.3) is 0 Å². The normalized spacial score (nSPS) is 23.2. The Bertz CT molecular complexity index is 480. The SMILES string of the molecule is C=S(N)(=O)c1cnn2c1OCC(OCC)C2. The molecule has 0 amide bonds. The summed E-state index contributed by atoms with van der Waals surface area (Å²) in [4.78, 5) is 0.363. The van der Waals surface area contributed by atoms with Crippen molar-refractivity contribution < 1.29 is 13.7 Å². The van der Waals surface area contributed by atoms with Gasteiger partial charge in [-0.05, 0) is 12.8 Å². The molecule has 1 aliphatic heterocycles. The molecule has 0 saturated heterocycles. The number of nitrogens with two attached hydrogens (primary N) is 1. The Labute approximate surface area is 94.5 Å². The predicted molar refractivity (Wildman–Crippen MR) is 60.9 cm³/mol. The molecule has 6 nitrogen and oxygen atoms in total. The molecule has 0 bridgehead atoms. The van der Waals surface area contributed by atoms with Gasteiger partial charge in [0, 0.05) is 6.61 Å². The van der Waals surface area contributed by atoms with E-state index in [1.54, 1.807) is 4.68 Å². The van der Waals surface area contributed by atoms with E-state index in [4.69, 9.17) is 14.6 Å². The van der Waals surface area contributed by atoms with Gasteiger partial charge in [-0.2, -0.15) is 5.10 Å². The van der Waals surface area contributed by atoms with Gasteiger partial charge in [0.15, 0.2) is 0 Å². The first kappa shape index (κ1) is 11.4. The Morgan fingerprint density at radius 1 is 1.88 bits per heavy atom. The van der Waals surface area contributed by atoms with E-state index >= 15 is 0 Å². The van der Waals surface area contributed by atoms with Crippen LogP contribution in [0.3, 0.4) is 0 Å². The van der Waals surface area contributed by atoms with E-state index in [2.05, 4.69) is 11.0 Å². The van der Waals surface area contributed by atoms with E-state index in [9.17, 15) is 4.21 Å². The molecule has 0 aliphatic carbocycles. The molecule has 0 fully saturated rings. The molecule has 7 heteroatoms. The Hall–Kier alpha value is -1.05. The Balaban J connectivity index is 2.27. The fourth-order valence-corrected chi connectivity index (χ4v) is 2.31. The topological polar surface area (TPSA) is 79.4 Å². The summed E-state index contributed by atoms with van der Waals surface area (Å²) in [6, 6.07) is 0. The lowest BCUT2D eigenvalue weighted by Gasteiger charge is -2.24. The zero-order chi connectivity index (χ0) is 11.8. The maximum atomic E-state index is 11.6. The fraction of sp³-hybridized carbons (Fsp3) is 0.556. The van der Waals surface area contributed by atoms with Gasteiger partial charge in [0.1, 0.15) is 17.6 Å². The molecule has 2 unspecified atom stereocenters. The maximum Gasteiger partial charge on any atom is 0.229 e. The quantitative estimate of drug-likeness (QED) is 0.737. The first-order chi connectivity index (χ1) is 7.52. The number of nitrogens with zero attached hydrogens (tertiary/aromatic N) is 2. The molecule has 1 aromatic heterocycles. The molecule has 1 aliphatic rings. The minimum absolute atomic E-state index is 0.0242. The summed E-state index contributed by atoms with van der Waals surface area (Å²) < 4.78 is 24.1. The highest BCUT2D eigenvalue weighted by atomic mass is 32.2. The van der Waals surface area contributed by atoms with Crippen LogP contribution in [-0.4, -0.2) is 39.2 Å². The number of rotatable bonds is 3. The van der Waals surface area contributed by atoms with Crippen LogP contribution in [-0.2, 0) is 21.0 Å². The smallest absolute Gasteiger partial charge is 0.229 e. The van der Waals surface area contributed by atoms with Gasteiger partial charge >= 0.3 is 0 Å². The van der Waals surface area contributed by atoms with Gasteiger partial charge in [-0.25, -0.2) is 8.89 Å². The molecule has 90 valence electrons. The second kappa shape index (κ2) is 4.08. The van der Waals surface area contributed by atoms with Gasteiger partial charge in [-0.3, -0.25) is 5.14 Å².